The summed E-state index contributed by atoms with van der Waals surface area (Å²) >= 11 is 0. The highest BCUT2D eigenvalue weighted by Crippen LogP contribution is 2.12. The second kappa shape index (κ2) is 8.71. The molecular formula is C14H26N4O2. The van der Waals surface area contributed by atoms with E-state index >= 15 is 0 Å². The molecule has 0 saturated heterocycles. The Balaban J connectivity index is 2.58. The predicted molar refractivity (Wildman–Crippen MR) is 78.6 cm³/mol. The van der Waals surface area contributed by atoms with Gasteiger partial charge in [-0.05, 0) is 26.8 Å². The first-order valence-electron chi connectivity index (χ1n) is 7.09. The molecule has 0 atom stereocenters. The maximum absolute atomic E-state index is 11.8. The Morgan fingerprint density at radius 1 is 1.35 bits per heavy atom. The number of nitrogens with zero attached hydrogens (tertiary/aromatic N) is 2. The second-order valence-electron chi connectivity index (χ2n) is 4.83. The predicted octanol–water partition coefficient (Wildman–Crippen LogP) is 0.762. The fourth-order valence-electron chi connectivity index (χ4n) is 2.02. The topological polar surface area (TPSA) is 68.2 Å². The van der Waals surface area contributed by atoms with Crippen molar-refractivity contribution in [2.45, 2.75) is 40.3 Å². The highest BCUT2D eigenvalue weighted by molar-refractivity contribution is 5.75. The van der Waals surface area contributed by atoms with Gasteiger partial charge in [0.1, 0.15) is 6.54 Å². The third kappa shape index (κ3) is 4.94. The van der Waals surface area contributed by atoms with Crippen LogP contribution in [0.25, 0.3) is 0 Å². The number of amides is 1. The minimum Gasteiger partial charge on any atom is -0.383 e. The van der Waals surface area contributed by atoms with E-state index in [1.54, 1.807) is 11.8 Å². The van der Waals surface area contributed by atoms with E-state index in [1.807, 2.05) is 13.8 Å². The maximum atomic E-state index is 11.8. The molecule has 1 amide bonds. The van der Waals surface area contributed by atoms with E-state index in [2.05, 4.69) is 22.7 Å². The summed E-state index contributed by atoms with van der Waals surface area (Å²) in [4.78, 5) is 11.8. The number of hydrogen-bond donors (Lipinski definition) is 2. The third-order valence-electron chi connectivity index (χ3n) is 3.18. The molecule has 114 valence electrons. The van der Waals surface area contributed by atoms with Crippen molar-refractivity contribution in [1.29, 1.82) is 0 Å². The first kappa shape index (κ1) is 16.7. The highest BCUT2D eigenvalue weighted by atomic mass is 16.5. The highest BCUT2D eigenvalue weighted by Gasteiger charge is 2.13. The summed E-state index contributed by atoms with van der Waals surface area (Å²) in [5, 5.41) is 10.6. The van der Waals surface area contributed by atoms with Gasteiger partial charge in [-0.1, -0.05) is 6.92 Å². The fraction of sp³-hybridized carbons (Fsp3) is 0.714. The summed E-state index contributed by atoms with van der Waals surface area (Å²) in [6.07, 6.45) is 1.11. The van der Waals surface area contributed by atoms with Crippen LogP contribution in [0.15, 0.2) is 0 Å². The summed E-state index contributed by atoms with van der Waals surface area (Å²) in [6.45, 7) is 9.22. The molecule has 20 heavy (non-hydrogen) atoms. The number of rotatable bonds is 9. The van der Waals surface area contributed by atoms with Crippen molar-refractivity contribution in [2.75, 3.05) is 26.8 Å². The van der Waals surface area contributed by atoms with Crippen LogP contribution in [-0.2, 0) is 22.6 Å². The Kier molecular flexibility index (Phi) is 7.25. The van der Waals surface area contributed by atoms with Crippen LogP contribution in [0.2, 0.25) is 0 Å². The molecule has 0 aliphatic carbocycles. The molecule has 0 aromatic carbocycles. The lowest BCUT2D eigenvalue weighted by atomic mass is 10.2. The molecule has 6 heteroatoms. The summed E-state index contributed by atoms with van der Waals surface area (Å²) in [5.74, 6) is -0.0410. The number of nitrogens with one attached hydrogen (secondary N) is 2. The van der Waals surface area contributed by atoms with Crippen LogP contribution in [0.1, 0.15) is 30.3 Å². The van der Waals surface area contributed by atoms with E-state index in [-0.39, 0.29) is 12.5 Å². The summed E-state index contributed by atoms with van der Waals surface area (Å²) < 4.78 is 6.66. The molecule has 0 radical (unpaired) electrons. The Labute approximate surface area is 120 Å². The average molecular weight is 282 g/mol. The van der Waals surface area contributed by atoms with Gasteiger partial charge in [-0.15, -0.1) is 0 Å². The quantitative estimate of drug-likeness (QED) is 0.656. The van der Waals surface area contributed by atoms with E-state index in [0.29, 0.717) is 13.2 Å². The van der Waals surface area contributed by atoms with E-state index in [1.165, 1.54) is 5.56 Å². The zero-order valence-corrected chi connectivity index (χ0v) is 13.0. The van der Waals surface area contributed by atoms with Gasteiger partial charge in [0.15, 0.2) is 0 Å². The van der Waals surface area contributed by atoms with Gasteiger partial charge in [-0.25, -0.2) is 0 Å². The molecule has 1 heterocycles. The standard InChI is InChI=1S/C14H26N4O2/c1-5-6-15-9-13-11(2)17-18(12(13)3)10-14(19)16-7-8-20-4/h15H,5-10H2,1-4H3,(H,16,19). The van der Waals surface area contributed by atoms with Gasteiger partial charge in [0.25, 0.3) is 0 Å². The second-order valence-corrected chi connectivity index (χ2v) is 4.83. The lowest BCUT2D eigenvalue weighted by molar-refractivity contribution is -0.122. The van der Waals surface area contributed by atoms with E-state index < -0.39 is 0 Å². The molecule has 0 aliphatic heterocycles. The molecule has 1 rings (SSSR count). The average Bonchev–Trinajstić information content (AvgIpc) is 2.66. The number of hydrogen-bond acceptors (Lipinski definition) is 4. The number of ether oxygens (including phenoxy) is 1. The largest absolute Gasteiger partial charge is 0.383 e. The molecule has 0 fully saturated rings. The van der Waals surface area contributed by atoms with Gasteiger partial charge >= 0.3 is 0 Å². The van der Waals surface area contributed by atoms with Crippen molar-refractivity contribution in [3.63, 3.8) is 0 Å². The van der Waals surface area contributed by atoms with E-state index in [4.69, 9.17) is 4.74 Å². The lowest BCUT2D eigenvalue weighted by Crippen LogP contribution is -2.31. The van der Waals surface area contributed by atoms with Gasteiger partial charge in [-0.2, -0.15) is 5.10 Å². The van der Waals surface area contributed by atoms with Gasteiger partial charge in [0.2, 0.25) is 5.91 Å². The number of carbonyl (C=O) groups excluding carboxylic acids is 1. The normalized spacial score (nSPS) is 10.8. The Morgan fingerprint density at radius 2 is 2.10 bits per heavy atom. The summed E-state index contributed by atoms with van der Waals surface area (Å²) in [6, 6.07) is 0. The maximum Gasteiger partial charge on any atom is 0.241 e. The minimum absolute atomic E-state index is 0.0410. The first-order valence-corrected chi connectivity index (χ1v) is 7.09. The fourth-order valence-corrected chi connectivity index (χ4v) is 2.02. The first-order chi connectivity index (χ1) is 9.60. The van der Waals surface area contributed by atoms with Gasteiger partial charge < -0.3 is 15.4 Å². The van der Waals surface area contributed by atoms with Crippen LogP contribution < -0.4 is 10.6 Å². The molecule has 2 N–H and O–H groups in total. The molecule has 0 unspecified atom stereocenters. The zero-order valence-electron chi connectivity index (χ0n) is 13.0. The summed E-state index contributed by atoms with van der Waals surface area (Å²) in [5.41, 5.74) is 3.21. The Morgan fingerprint density at radius 3 is 2.75 bits per heavy atom. The van der Waals surface area contributed by atoms with Gasteiger partial charge in [0.05, 0.1) is 12.3 Å². The van der Waals surface area contributed by atoms with E-state index in [9.17, 15) is 4.79 Å². The van der Waals surface area contributed by atoms with Crippen LogP contribution in [0.5, 0.6) is 0 Å². The molecule has 0 aliphatic rings. The molecule has 6 nitrogen and oxygen atoms in total. The number of aromatic nitrogens is 2. The van der Waals surface area contributed by atoms with Crippen LogP contribution in [0.4, 0.5) is 0 Å². The minimum atomic E-state index is -0.0410. The molecule has 0 bridgehead atoms. The molecule has 1 aromatic heterocycles. The van der Waals surface area contributed by atoms with Crippen LogP contribution in [0.3, 0.4) is 0 Å². The van der Waals surface area contributed by atoms with Crippen molar-refractivity contribution in [3.05, 3.63) is 17.0 Å². The smallest absolute Gasteiger partial charge is 0.241 e. The molecule has 1 aromatic rings. The zero-order chi connectivity index (χ0) is 15.0. The van der Waals surface area contributed by atoms with Crippen molar-refractivity contribution >= 4 is 5.91 Å². The third-order valence-corrected chi connectivity index (χ3v) is 3.18. The van der Waals surface area contributed by atoms with Crippen molar-refractivity contribution in [3.8, 4) is 0 Å². The van der Waals surface area contributed by atoms with Crippen molar-refractivity contribution < 1.29 is 9.53 Å². The Hall–Kier alpha value is -1.40. The van der Waals surface area contributed by atoms with Crippen LogP contribution in [-0.4, -0.2) is 42.5 Å². The van der Waals surface area contributed by atoms with Crippen LogP contribution >= 0.6 is 0 Å². The molecular weight excluding hydrogens is 256 g/mol. The van der Waals surface area contributed by atoms with E-state index in [0.717, 1.165) is 30.9 Å². The molecule has 0 spiro atoms. The van der Waals surface area contributed by atoms with Gasteiger partial charge in [-0.3, -0.25) is 9.48 Å². The number of aryl methyl sites for hydroxylation is 1. The number of carbonyl (C=O) groups is 1. The number of methoxy groups -OCH3 is 1. The SMILES string of the molecule is CCCNCc1c(C)nn(CC(=O)NCCOC)c1C. The lowest BCUT2D eigenvalue weighted by Gasteiger charge is -2.07. The summed E-state index contributed by atoms with van der Waals surface area (Å²) in [7, 11) is 1.61. The van der Waals surface area contributed by atoms with Crippen molar-refractivity contribution in [1.82, 2.24) is 20.4 Å². The monoisotopic (exact) mass is 282 g/mol. The van der Waals surface area contributed by atoms with Crippen molar-refractivity contribution in [2.24, 2.45) is 0 Å². The molecule has 0 saturated carbocycles. The Bertz CT molecular complexity index is 429. The van der Waals surface area contributed by atoms with Gasteiger partial charge in [0, 0.05) is 31.5 Å². The van der Waals surface area contributed by atoms with Crippen LogP contribution in [0, 0.1) is 13.8 Å².